The van der Waals surface area contributed by atoms with Crippen LogP contribution in [0, 0.1) is 0 Å². The zero-order valence-electron chi connectivity index (χ0n) is 10.3. The van der Waals surface area contributed by atoms with Crippen LogP contribution in [-0.4, -0.2) is 28.9 Å². The molecule has 0 aliphatic heterocycles. The summed E-state index contributed by atoms with van der Waals surface area (Å²) >= 11 is 9.31. The Bertz CT molecular complexity index is 447. The van der Waals surface area contributed by atoms with Gasteiger partial charge in [0.05, 0.1) is 5.56 Å². The predicted molar refractivity (Wildman–Crippen MR) is 75.9 cm³/mol. The van der Waals surface area contributed by atoms with Crippen molar-refractivity contribution < 1.29 is 4.79 Å². The largest absolute Gasteiger partial charge is 0.339 e. The molecule has 0 atom stereocenters. The molecule has 0 N–H and O–H groups in total. The third kappa shape index (κ3) is 3.04. The Kier molecular flexibility index (Phi) is 4.62. The number of halogens is 2. The molecular formula is C13H16BrClN2O. The Morgan fingerprint density at radius 3 is 2.78 bits per heavy atom. The number of carbonyl (C=O) groups is 1. The molecule has 1 aromatic rings. The van der Waals surface area contributed by atoms with Crippen LogP contribution in [0.1, 0.15) is 42.5 Å². The van der Waals surface area contributed by atoms with E-state index in [1.165, 1.54) is 19.3 Å². The van der Waals surface area contributed by atoms with Crippen LogP contribution in [0.4, 0.5) is 0 Å². The second-order valence-corrected chi connectivity index (χ2v) is 5.97. The lowest BCUT2D eigenvalue weighted by atomic mass is 9.94. The normalized spacial score (nSPS) is 16.6. The highest BCUT2D eigenvalue weighted by atomic mass is 79.9. The maximum absolute atomic E-state index is 12.4. The van der Waals surface area contributed by atoms with Gasteiger partial charge in [-0.05, 0) is 34.8 Å². The third-order valence-corrected chi connectivity index (χ3v) is 4.21. The van der Waals surface area contributed by atoms with Gasteiger partial charge in [-0.3, -0.25) is 4.79 Å². The van der Waals surface area contributed by atoms with Crippen molar-refractivity contribution in [3.8, 4) is 0 Å². The van der Waals surface area contributed by atoms with Crippen LogP contribution in [0.3, 0.4) is 0 Å². The van der Waals surface area contributed by atoms with Crippen molar-refractivity contribution in [1.82, 2.24) is 9.88 Å². The molecule has 1 aliphatic carbocycles. The van der Waals surface area contributed by atoms with E-state index in [-0.39, 0.29) is 11.1 Å². The number of rotatable bonds is 2. The number of hydrogen-bond acceptors (Lipinski definition) is 2. The van der Waals surface area contributed by atoms with E-state index < -0.39 is 0 Å². The SMILES string of the molecule is CN(C(=O)c1cc(Br)cnc1Cl)C1CCCCC1. The average Bonchev–Trinajstić information content (AvgIpc) is 2.41. The molecule has 1 fully saturated rings. The molecule has 2 rings (SSSR count). The first-order valence-electron chi connectivity index (χ1n) is 6.18. The van der Waals surface area contributed by atoms with E-state index in [0.717, 1.165) is 17.3 Å². The molecule has 0 aromatic carbocycles. The van der Waals surface area contributed by atoms with E-state index in [0.29, 0.717) is 11.6 Å². The van der Waals surface area contributed by atoms with Gasteiger partial charge in [0.15, 0.2) is 0 Å². The van der Waals surface area contributed by atoms with Crippen LogP contribution in [0.25, 0.3) is 0 Å². The molecule has 1 aromatic heterocycles. The first kappa shape index (κ1) is 13.8. The maximum Gasteiger partial charge on any atom is 0.257 e. The molecule has 18 heavy (non-hydrogen) atoms. The van der Waals surface area contributed by atoms with Crippen LogP contribution in [0.2, 0.25) is 5.15 Å². The first-order valence-corrected chi connectivity index (χ1v) is 7.35. The number of nitrogens with zero attached hydrogens (tertiary/aromatic N) is 2. The molecule has 1 amide bonds. The van der Waals surface area contributed by atoms with Crippen molar-refractivity contribution in [2.75, 3.05) is 7.05 Å². The second-order valence-electron chi connectivity index (χ2n) is 4.70. The van der Waals surface area contributed by atoms with Gasteiger partial charge in [-0.1, -0.05) is 30.9 Å². The molecule has 0 spiro atoms. The summed E-state index contributed by atoms with van der Waals surface area (Å²) in [4.78, 5) is 18.2. The van der Waals surface area contributed by atoms with Crippen molar-refractivity contribution in [3.63, 3.8) is 0 Å². The molecule has 0 radical (unpaired) electrons. The lowest BCUT2D eigenvalue weighted by Crippen LogP contribution is -2.38. The fourth-order valence-electron chi connectivity index (χ4n) is 2.40. The summed E-state index contributed by atoms with van der Waals surface area (Å²) in [6, 6.07) is 2.07. The van der Waals surface area contributed by atoms with Crippen molar-refractivity contribution in [2.45, 2.75) is 38.1 Å². The Hall–Kier alpha value is -0.610. The minimum absolute atomic E-state index is 0.0410. The highest BCUT2D eigenvalue weighted by Crippen LogP contribution is 2.25. The van der Waals surface area contributed by atoms with Gasteiger partial charge >= 0.3 is 0 Å². The zero-order valence-corrected chi connectivity index (χ0v) is 12.7. The lowest BCUT2D eigenvalue weighted by molar-refractivity contribution is 0.0696. The number of hydrogen-bond donors (Lipinski definition) is 0. The number of carbonyl (C=O) groups excluding carboxylic acids is 1. The maximum atomic E-state index is 12.4. The third-order valence-electron chi connectivity index (χ3n) is 3.48. The second kappa shape index (κ2) is 6.02. The van der Waals surface area contributed by atoms with Crippen molar-refractivity contribution in [1.29, 1.82) is 0 Å². The lowest BCUT2D eigenvalue weighted by Gasteiger charge is -2.31. The van der Waals surface area contributed by atoms with Gasteiger partial charge < -0.3 is 4.90 Å². The standard InChI is InChI=1S/C13H16BrClN2O/c1-17(10-5-3-2-4-6-10)13(18)11-7-9(14)8-16-12(11)15/h7-8,10H,2-6H2,1H3. The molecule has 5 heteroatoms. The van der Waals surface area contributed by atoms with Crippen molar-refractivity contribution in [3.05, 3.63) is 27.5 Å². The van der Waals surface area contributed by atoms with Crippen LogP contribution in [0.15, 0.2) is 16.7 Å². The molecule has 0 bridgehead atoms. The van der Waals surface area contributed by atoms with Crippen LogP contribution < -0.4 is 0 Å². The highest BCUT2D eigenvalue weighted by Gasteiger charge is 2.24. The topological polar surface area (TPSA) is 33.2 Å². The summed E-state index contributed by atoms with van der Waals surface area (Å²) < 4.78 is 0.771. The quantitative estimate of drug-likeness (QED) is 0.770. The Labute approximate surface area is 121 Å². The number of pyridine rings is 1. The van der Waals surface area contributed by atoms with Crippen LogP contribution in [-0.2, 0) is 0 Å². The van der Waals surface area contributed by atoms with Gasteiger partial charge in [0.25, 0.3) is 5.91 Å². The fraction of sp³-hybridized carbons (Fsp3) is 0.538. The summed E-state index contributed by atoms with van der Waals surface area (Å²) in [5, 5.41) is 0.269. The molecular weight excluding hydrogens is 316 g/mol. The van der Waals surface area contributed by atoms with Crippen molar-refractivity contribution in [2.24, 2.45) is 0 Å². The summed E-state index contributed by atoms with van der Waals surface area (Å²) in [6.45, 7) is 0. The monoisotopic (exact) mass is 330 g/mol. The summed E-state index contributed by atoms with van der Waals surface area (Å²) in [7, 11) is 1.86. The Balaban J connectivity index is 2.16. The molecule has 1 aliphatic rings. The van der Waals surface area contributed by atoms with Gasteiger partial charge in [0.2, 0.25) is 0 Å². The van der Waals surface area contributed by atoms with E-state index in [9.17, 15) is 4.79 Å². The van der Waals surface area contributed by atoms with E-state index in [2.05, 4.69) is 20.9 Å². The molecule has 1 heterocycles. The van der Waals surface area contributed by atoms with E-state index in [1.54, 1.807) is 12.3 Å². The number of aromatic nitrogens is 1. The summed E-state index contributed by atoms with van der Waals surface area (Å²) in [5.41, 5.74) is 0.471. The van der Waals surface area contributed by atoms with Gasteiger partial charge in [-0.25, -0.2) is 4.98 Å². The minimum atomic E-state index is -0.0410. The van der Waals surface area contributed by atoms with E-state index in [1.807, 2.05) is 11.9 Å². The molecule has 98 valence electrons. The van der Waals surface area contributed by atoms with Crippen LogP contribution in [0.5, 0.6) is 0 Å². The Morgan fingerprint density at radius 1 is 1.44 bits per heavy atom. The minimum Gasteiger partial charge on any atom is -0.339 e. The Morgan fingerprint density at radius 2 is 2.11 bits per heavy atom. The summed E-state index contributed by atoms with van der Waals surface area (Å²) in [5.74, 6) is -0.0410. The zero-order chi connectivity index (χ0) is 13.1. The smallest absolute Gasteiger partial charge is 0.257 e. The van der Waals surface area contributed by atoms with Crippen LogP contribution >= 0.6 is 27.5 Å². The number of amides is 1. The van der Waals surface area contributed by atoms with Crippen molar-refractivity contribution >= 4 is 33.4 Å². The van der Waals surface area contributed by atoms with E-state index in [4.69, 9.17) is 11.6 Å². The van der Waals surface area contributed by atoms with Gasteiger partial charge in [0, 0.05) is 23.8 Å². The van der Waals surface area contributed by atoms with Gasteiger partial charge in [0.1, 0.15) is 5.15 Å². The van der Waals surface area contributed by atoms with E-state index >= 15 is 0 Å². The molecule has 3 nitrogen and oxygen atoms in total. The predicted octanol–water partition coefficient (Wildman–Crippen LogP) is 3.90. The molecule has 1 saturated carbocycles. The first-order chi connectivity index (χ1) is 8.59. The molecule has 0 saturated heterocycles. The van der Waals surface area contributed by atoms with Gasteiger partial charge in [-0.15, -0.1) is 0 Å². The average molecular weight is 332 g/mol. The summed E-state index contributed by atoms with van der Waals surface area (Å²) in [6.07, 6.45) is 7.44. The molecule has 0 unspecified atom stereocenters. The van der Waals surface area contributed by atoms with Gasteiger partial charge in [-0.2, -0.15) is 0 Å². The highest BCUT2D eigenvalue weighted by molar-refractivity contribution is 9.10. The fourth-order valence-corrected chi connectivity index (χ4v) is 2.91.